The van der Waals surface area contributed by atoms with Gasteiger partial charge in [0.15, 0.2) is 16.4 Å². The van der Waals surface area contributed by atoms with Crippen molar-refractivity contribution in [2.75, 3.05) is 26.4 Å². The summed E-state index contributed by atoms with van der Waals surface area (Å²) in [4.78, 5) is 24.7. The molecule has 0 N–H and O–H groups in total. The number of hydrogen-bond acceptors (Lipinski definition) is 8. The number of imidazole rings is 2. The summed E-state index contributed by atoms with van der Waals surface area (Å²) in [6.07, 6.45) is 9.37. The molecule has 0 atom stereocenters. The molecule has 2 aliphatic heterocycles. The van der Waals surface area contributed by atoms with E-state index < -0.39 is 11.6 Å². The van der Waals surface area contributed by atoms with Gasteiger partial charge in [0.2, 0.25) is 0 Å². The molecule has 2 fully saturated rings. The van der Waals surface area contributed by atoms with Crippen LogP contribution in [0.25, 0.3) is 22.8 Å². The van der Waals surface area contributed by atoms with E-state index in [9.17, 15) is 8.78 Å². The summed E-state index contributed by atoms with van der Waals surface area (Å²) in [6.45, 7) is 8.51. The molecule has 6 rings (SSSR count). The first-order valence-electron chi connectivity index (χ1n) is 14.2. The highest BCUT2D eigenvalue weighted by Gasteiger charge is 2.24. The minimum absolute atomic E-state index is 0. The maximum Gasteiger partial charge on any atom is 0.197 e. The van der Waals surface area contributed by atoms with E-state index in [0.717, 1.165) is 76.5 Å². The Balaban J connectivity index is 0.000000276. The van der Waals surface area contributed by atoms with Crippen LogP contribution in [0.2, 0.25) is 0 Å². The lowest BCUT2D eigenvalue weighted by Gasteiger charge is -2.26. The summed E-state index contributed by atoms with van der Waals surface area (Å²) in [5, 5.41) is 0. The Morgan fingerprint density at radius 1 is 0.717 bits per heavy atom. The van der Waals surface area contributed by atoms with Gasteiger partial charge in [0.05, 0.1) is 36.2 Å². The smallest absolute Gasteiger partial charge is 0.197 e. The fraction of sp³-hybridized carbons (Fsp3) is 0.481. The van der Waals surface area contributed by atoms with Crippen molar-refractivity contribution in [2.45, 2.75) is 58.5 Å². The zero-order chi connectivity index (χ0) is 32.9. The van der Waals surface area contributed by atoms with Crippen LogP contribution in [0.15, 0.2) is 29.5 Å². The third-order valence-electron chi connectivity index (χ3n) is 7.14. The highest BCUT2D eigenvalue weighted by molar-refractivity contribution is 9.10. The second-order valence-electron chi connectivity index (χ2n) is 9.95. The average molecular weight is 682 g/mol. The van der Waals surface area contributed by atoms with Gasteiger partial charge in [-0.2, -0.15) is 0 Å². The summed E-state index contributed by atoms with van der Waals surface area (Å²) in [7, 11) is 18.0. The maximum absolute atomic E-state index is 14.0. The van der Waals surface area contributed by atoms with Gasteiger partial charge in [0.25, 0.3) is 0 Å². The number of nitrogens with zero attached hydrogens (tertiary/aromatic N) is 8. The molecule has 12 radical (unpaired) electrons. The van der Waals surface area contributed by atoms with E-state index in [4.69, 9.17) is 9.47 Å². The highest BCUT2D eigenvalue weighted by Crippen LogP contribution is 2.31. The molecule has 0 saturated carbocycles. The maximum atomic E-state index is 14.0. The molecule has 0 amide bonds. The minimum Gasteiger partial charge on any atom is -0.381 e. The molecule has 0 bridgehead atoms. The van der Waals surface area contributed by atoms with Crippen LogP contribution in [-0.4, -0.2) is 112 Å². The molecule has 0 spiro atoms. The van der Waals surface area contributed by atoms with Gasteiger partial charge in [-0.3, -0.25) is 0 Å². The Morgan fingerprint density at radius 2 is 1.11 bits per heavy atom. The molecular formula is C27H31B6BrF2N8O2. The van der Waals surface area contributed by atoms with E-state index in [0.29, 0.717) is 21.9 Å². The van der Waals surface area contributed by atoms with Crippen molar-refractivity contribution in [1.29, 1.82) is 0 Å². The Kier molecular flexibility index (Phi) is 17.0. The van der Waals surface area contributed by atoms with E-state index in [-0.39, 0.29) is 26.2 Å². The molecule has 230 valence electrons. The van der Waals surface area contributed by atoms with E-state index >= 15 is 0 Å². The van der Waals surface area contributed by atoms with Crippen molar-refractivity contribution in [3.63, 3.8) is 0 Å². The molecule has 4 aromatic heterocycles. The summed E-state index contributed by atoms with van der Waals surface area (Å²) in [5.41, 5.74) is 2.01. The summed E-state index contributed by atoms with van der Waals surface area (Å²) < 4.78 is 43.3. The Morgan fingerprint density at radius 3 is 1.54 bits per heavy atom. The molecule has 0 aliphatic carbocycles. The van der Waals surface area contributed by atoms with Crippen molar-refractivity contribution in [3.05, 3.63) is 58.6 Å². The third kappa shape index (κ3) is 10.1. The van der Waals surface area contributed by atoms with Crippen molar-refractivity contribution < 1.29 is 18.3 Å². The number of halogens is 3. The van der Waals surface area contributed by atoms with Crippen LogP contribution in [0.3, 0.4) is 0 Å². The fourth-order valence-electron chi connectivity index (χ4n) is 5.23. The van der Waals surface area contributed by atoms with E-state index in [1.54, 1.807) is 19.3 Å². The normalized spacial score (nSPS) is 14.7. The first-order valence-corrected chi connectivity index (χ1v) is 15.0. The molecule has 19 heteroatoms. The molecule has 6 heterocycles. The number of hydrogen-bond donors (Lipinski definition) is 0. The van der Waals surface area contributed by atoms with Crippen LogP contribution < -0.4 is 0 Å². The number of rotatable bonds is 4. The first-order chi connectivity index (χ1) is 21.7. The topological polar surface area (TPSA) is 106 Å². The molecular weight excluding hydrogens is 651 g/mol. The quantitative estimate of drug-likeness (QED) is 0.239. The third-order valence-corrected chi connectivity index (χ3v) is 7.52. The number of aryl methyl sites for hydroxylation is 3. The summed E-state index contributed by atoms with van der Waals surface area (Å²) in [6, 6.07) is 0.560. The van der Waals surface area contributed by atoms with Crippen LogP contribution in [0, 0.1) is 32.4 Å². The standard InChI is InChI=1S/C14H17FN4O.C13H14BrFN4O.B3.B2.B/c1-9-16-7-12(15)14(18-9)13-8-17-10(2)19(13)11-3-5-20-6-4-11;1-8-16-7-11(12-10(15)6-17-13(14)18-12)19(8)9-2-4-20-5-3-9;1-3-2;1-2;/h7-8,11H,3-6H2,1-2H3;6-7,9H,2-5H2,1H3;;;. The molecule has 2 aliphatic rings. The fourth-order valence-corrected chi connectivity index (χ4v) is 5.51. The Hall–Kier alpha value is -2.77. The van der Waals surface area contributed by atoms with Crippen molar-refractivity contribution >= 4 is 62.4 Å². The van der Waals surface area contributed by atoms with Gasteiger partial charge < -0.3 is 18.6 Å². The predicted octanol–water partition coefficient (Wildman–Crippen LogP) is 3.06. The van der Waals surface area contributed by atoms with Crippen LogP contribution in [0.4, 0.5) is 8.78 Å². The molecule has 0 aromatic carbocycles. The lowest BCUT2D eigenvalue weighted by molar-refractivity contribution is 0.0693. The van der Waals surface area contributed by atoms with Crippen molar-refractivity contribution in [3.8, 4) is 22.8 Å². The first kappa shape index (κ1) is 39.4. The molecule has 2 saturated heterocycles. The van der Waals surface area contributed by atoms with E-state index in [1.807, 2.05) is 13.8 Å². The molecule has 10 nitrogen and oxygen atoms in total. The van der Waals surface area contributed by atoms with Crippen LogP contribution in [0.1, 0.15) is 55.2 Å². The molecule has 0 unspecified atom stereocenters. The largest absolute Gasteiger partial charge is 0.381 e. The predicted molar refractivity (Wildman–Crippen MR) is 181 cm³/mol. The van der Waals surface area contributed by atoms with Crippen molar-refractivity contribution in [1.82, 2.24) is 39.0 Å². The Labute approximate surface area is 285 Å². The zero-order valence-electron chi connectivity index (χ0n) is 26.1. The lowest BCUT2D eigenvalue weighted by Crippen LogP contribution is -2.21. The monoisotopic (exact) mass is 682 g/mol. The van der Waals surface area contributed by atoms with Gasteiger partial charge in [-0.25, -0.2) is 38.7 Å². The van der Waals surface area contributed by atoms with E-state index in [1.165, 1.54) is 12.4 Å². The summed E-state index contributed by atoms with van der Waals surface area (Å²) in [5.74, 6) is 1.44. The molecule has 46 heavy (non-hydrogen) atoms. The molecule has 4 aromatic rings. The van der Waals surface area contributed by atoms with Crippen LogP contribution >= 0.6 is 15.9 Å². The van der Waals surface area contributed by atoms with Gasteiger partial charge in [-0.15, -0.1) is 0 Å². The minimum atomic E-state index is -0.443. The van der Waals surface area contributed by atoms with Gasteiger partial charge in [-0.05, 0) is 62.4 Å². The van der Waals surface area contributed by atoms with Gasteiger partial charge in [-0.1, -0.05) is 0 Å². The van der Waals surface area contributed by atoms with Crippen LogP contribution in [-0.2, 0) is 9.47 Å². The van der Waals surface area contributed by atoms with Crippen molar-refractivity contribution in [2.24, 2.45) is 0 Å². The number of aromatic nitrogens is 8. The second-order valence-corrected chi connectivity index (χ2v) is 10.7. The lowest BCUT2D eigenvalue weighted by atomic mass is 9.40. The van der Waals surface area contributed by atoms with E-state index in [2.05, 4.69) is 85.9 Å². The average Bonchev–Trinajstić information content (AvgIpc) is 3.64. The van der Waals surface area contributed by atoms with Gasteiger partial charge in [0, 0.05) is 84.9 Å². The SMILES string of the molecule is Cc1ncc(-c2nc(Br)ncc2F)n1C1CCOCC1.Cc1ncc(F)c(-c2cnc(C)n2C2CCOCC2)n1.[B].[B][B].[B][B][B]. The number of ether oxygens (including phenoxy) is 2. The van der Waals surface area contributed by atoms with Gasteiger partial charge in [0.1, 0.15) is 28.9 Å². The second kappa shape index (κ2) is 19.8. The highest BCUT2D eigenvalue weighted by atomic mass is 79.9. The van der Waals surface area contributed by atoms with Gasteiger partial charge >= 0.3 is 0 Å². The Bertz CT molecular complexity index is 1400. The zero-order valence-corrected chi connectivity index (χ0v) is 27.7. The summed E-state index contributed by atoms with van der Waals surface area (Å²) >= 11 is 3.18. The van der Waals surface area contributed by atoms with Crippen LogP contribution in [0.5, 0.6) is 0 Å².